The fraction of sp³-hybridized carbons (Fsp3) is 0.200. The number of aryl methyl sites for hydroxylation is 2. The molecule has 0 unspecified atom stereocenters. The predicted molar refractivity (Wildman–Crippen MR) is 105 cm³/mol. The van der Waals surface area contributed by atoms with Crippen molar-refractivity contribution in [2.24, 2.45) is 0 Å². The number of anilines is 2. The van der Waals surface area contributed by atoms with Crippen molar-refractivity contribution in [2.75, 3.05) is 11.9 Å². The van der Waals surface area contributed by atoms with Crippen LogP contribution in [0.25, 0.3) is 22.4 Å². The Hall–Kier alpha value is -3.46. The highest BCUT2D eigenvalue weighted by Gasteiger charge is 2.18. The van der Waals surface area contributed by atoms with Crippen LogP contribution >= 0.6 is 0 Å². The Bertz CT molecular complexity index is 1210. The standard InChI is InChI=1S/C20H18F2N6O/c1-11-7-15(19(24-8-11)17-13(21)4-3-12(2)25-17)26-18-14(22)9-23-16-10-28(5-6-29)27-20(16)18/h3-4,7-10,26,29H,5-6H2,1-2H3. The van der Waals surface area contributed by atoms with Gasteiger partial charge in [0, 0.05) is 11.9 Å². The lowest BCUT2D eigenvalue weighted by Gasteiger charge is -2.13. The Morgan fingerprint density at radius 2 is 1.90 bits per heavy atom. The second-order valence-electron chi connectivity index (χ2n) is 6.65. The predicted octanol–water partition coefficient (Wildman–Crippen LogP) is 3.52. The highest BCUT2D eigenvalue weighted by molar-refractivity contribution is 5.91. The first-order chi connectivity index (χ1) is 14.0. The van der Waals surface area contributed by atoms with Crippen molar-refractivity contribution in [1.82, 2.24) is 24.7 Å². The van der Waals surface area contributed by atoms with Gasteiger partial charge >= 0.3 is 0 Å². The van der Waals surface area contributed by atoms with Crippen LogP contribution < -0.4 is 5.32 Å². The molecule has 29 heavy (non-hydrogen) atoms. The molecule has 4 rings (SSSR count). The number of rotatable bonds is 5. The topological polar surface area (TPSA) is 88.8 Å². The molecule has 0 spiro atoms. The zero-order chi connectivity index (χ0) is 20.5. The normalized spacial score (nSPS) is 11.2. The summed E-state index contributed by atoms with van der Waals surface area (Å²) in [5, 5.41) is 16.4. The van der Waals surface area contributed by atoms with E-state index in [0.717, 1.165) is 11.8 Å². The SMILES string of the molecule is Cc1cnc(-c2nc(C)ccc2F)c(Nc2c(F)cnc3cn(CCO)nc23)c1. The van der Waals surface area contributed by atoms with Crippen LogP contribution in [0.1, 0.15) is 11.3 Å². The van der Waals surface area contributed by atoms with Gasteiger partial charge in [-0.25, -0.2) is 18.7 Å². The molecule has 148 valence electrons. The molecule has 0 bridgehead atoms. The fourth-order valence-electron chi connectivity index (χ4n) is 3.02. The number of nitrogens with zero attached hydrogens (tertiary/aromatic N) is 5. The van der Waals surface area contributed by atoms with Crippen LogP contribution in [0.3, 0.4) is 0 Å². The summed E-state index contributed by atoms with van der Waals surface area (Å²) >= 11 is 0. The van der Waals surface area contributed by atoms with Gasteiger partial charge in [0.2, 0.25) is 0 Å². The summed E-state index contributed by atoms with van der Waals surface area (Å²) in [6.07, 6.45) is 4.30. The van der Waals surface area contributed by atoms with Crippen LogP contribution in [0.2, 0.25) is 0 Å². The molecule has 0 aliphatic rings. The molecule has 4 heterocycles. The van der Waals surface area contributed by atoms with E-state index in [1.165, 1.54) is 10.7 Å². The summed E-state index contributed by atoms with van der Waals surface area (Å²) in [6, 6.07) is 4.63. The zero-order valence-corrected chi connectivity index (χ0v) is 15.8. The van der Waals surface area contributed by atoms with E-state index >= 15 is 0 Å². The van der Waals surface area contributed by atoms with E-state index in [4.69, 9.17) is 5.11 Å². The largest absolute Gasteiger partial charge is 0.394 e. The number of hydrogen-bond acceptors (Lipinski definition) is 6. The van der Waals surface area contributed by atoms with Gasteiger partial charge in [-0.2, -0.15) is 5.10 Å². The Balaban J connectivity index is 1.86. The van der Waals surface area contributed by atoms with Crippen molar-refractivity contribution in [3.8, 4) is 11.4 Å². The third-order valence-corrected chi connectivity index (χ3v) is 4.36. The van der Waals surface area contributed by atoms with Gasteiger partial charge in [0.1, 0.15) is 28.1 Å². The number of nitrogens with one attached hydrogen (secondary N) is 1. The number of pyridine rings is 3. The van der Waals surface area contributed by atoms with E-state index in [1.54, 1.807) is 31.5 Å². The minimum absolute atomic E-state index is 0.0732. The van der Waals surface area contributed by atoms with Crippen molar-refractivity contribution in [3.63, 3.8) is 0 Å². The second-order valence-corrected chi connectivity index (χ2v) is 6.65. The summed E-state index contributed by atoms with van der Waals surface area (Å²) in [7, 11) is 0. The molecule has 7 nitrogen and oxygen atoms in total. The van der Waals surface area contributed by atoms with Crippen molar-refractivity contribution in [1.29, 1.82) is 0 Å². The lowest BCUT2D eigenvalue weighted by Crippen LogP contribution is -2.04. The highest BCUT2D eigenvalue weighted by Crippen LogP contribution is 2.33. The average molecular weight is 396 g/mol. The quantitative estimate of drug-likeness (QED) is 0.537. The molecular formula is C20H18F2N6O. The van der Waals surface area contributed by atoms with Crippen molar-refractivity contribution in [3.05, 3.63) is 59.7 Å². The molecule has 9 heteroatoms. The number of aromatic nitrogens is 5. The van der Waals surface area contributed by atoms with E-state index in [-0.39, 0.29) is 30.2 Å². The third-order valence-electron chi connectivity index (χ3n) is 4.36. The number of hydrogen-bond donors (Lipinski definition) is 2. The van der Waals surface area contributed by atoms with Gasteiger partial charge in [-0.05, 0) is 37.6 Å². The van der Waals surface area contributed by atoms with Crippen LogP contribution in [-0.4, -0.2) is 36.4 Å². The maximum absolute atomic E-state index is 14.6. The number of fused-ring (bicyclic) bond motifs is 1. The number of halogens is 2. The van der Waals surface area contributed by atoms with Gasteiger partial charge < -0.3 is 10.4 Å². The first-order valence-corrected chi connectivity index (χ1v) is 8.96. The van der Waals surface area contributed by atoms with Crippen LogP contribution in [0.15, 0.2) is 36.8 Å². The minimum Gasteiger partial charge on any atom is -0.394 e. The summed E-state index contributed by atoms with van der Waals surface area (Å²) in [4.78, 5) is 12.6. The van der Waals surface area contributed by atoms with Crippen molar-refractivity contribution >= 4 is 22.4 Å². The molecule has 0 fully saturated rings. The minimum atomic E-state index is -0.614. The Morgan fingerprint density at radius 1 is 1.07 bits per heavy atom. The van der Waals surface area contributed by atoms with E-state index in [1.807, 2.05) is 6.92 Å². The number of aliphatic hydroxyl groups excluding tert-OH is 1. The molecular weight excluding hydrogens is 378 g/mol. The third kappa shape index (κ3) is 3.64. The van der Waals surface area contributed by atoms with Gasteiger partial charge in [0.15, 0.2) is 11.6 Å². The summed E-state index contributed by atoms with van der Waals surface area (Å²) in [6.45, 7) is 3.73. The van der Waals surface area contributed by atoms with Gasteiger partial charge in [-0.3, -0.25) is 9.67 Å². The molecule has 0 aliphatic carbocycles. The van der Waals surface area contributed by atoms with E-state index in [9.17, 15) is 8.78 Å². The smallest absolute Gasteiger partial charge is 0.167 e. The monoisotopic (exact) mass is 396 g/mol. The van der Waals surface area contributed by atoms with Gasteiger partial charge in [-0.1, -0.05) is 0 Å². The van der Waals surface area contributed by atoms with Gasteiger partial charge in [-0.15, -0.1) is 0 Å². The lowest BCUT2D eigenvalue weighted by atomic mass is 10.1. The molecule has 0 saturated heterocycles. The van der Waals surface area contributed by atoms with E-state index < -0.39 is 11.6 Å². The van der Waals surface area contributed by atoms with Crippen LogP contribution in [0.4, 0.5) is 20.2 Å². The molecule has 0 aromatic carbocycles. The average Bonchev–Trinajstić information content (AvgIpc) is 3.10. The summed E-state index contributed by atoms with van der Waals surface area (Å²) < 4.78 is 30.6. The molecule has 0 saturated carbocycles. The Kier molecular flexibility index (Phi) is 4.89. The van der Waals surface area contributed by atoms with Gasteiger partial charge in [0.25, 0.3) is 0 Å². The van der Waals surface area contributed by atoms with Crippen LogP contribution in [0.5, 0.6) is 0 Å². The first-order valence-electron chi connectivity index (χ1n) is 8.96. The first kappa shape index (κ1) is 18.9. The molecule has 2 N–H and O–H groups in total. The van der Waals surface area contributed by atoms with E-state index in [0.29, 0.717) is 22.4 Å². The zero-order valence-electron chi connectivity index (χ0n) is 15.8. The van der Waals surface area contributed by atoms with Gasteiger partial charge in [0.05, 0.1) is 31.2 Å². The van der Waals surface area contributed by atoms with Crippen LogP contribution in [0, 0.1) is 25.5 Å². The Morgan fingerprint density at radius 3 is 2.69 bits per heavy atom. The molecule has 0 amide bonds. The Labute approximate surface area is 165 Å². The number of aliphatic hydroxyl groups is 1. The summed E-state index contributed by atoms with van der Waals surface area (Å²) in [5.41, 5.74) is 3.02. The maximum atomic E-state index is 14.6. The maximum Gasteiger partial charge on any atom is 0.167 e. The molecule has 0 atom stereocenters. The molecule has 0 aliphatic heterocycles. The fourth-order valence-corrected chi connectivity index (χ4v) is 3.02. The molecule has 4 aromatic rings. The second kappa shape index (κ2) is 7.51. The molecule has 4 aromatic heterocycles. The van der Waals surface area contributed by atoms with Crippen molar-refractivity contribution in [2.45, 2.75) is 20.4 Å². The molecule has 0 radical (unpaired) electrons. The highest BCUT2D eigenvalue weighted by atomic mass is 19.1. The lowest BCUT2D eigenvalue weighted by molar-refractivity contribution is 0.270. The van der Waals surface area contributed by atoms with Crippen molar-refractivity contribution < 1.29 is 13.9 Å². The van der Waals surface area contributed by atoms with Crippen LogP contribution in [-0.2, 0) is 6.54 Å². The van der Waals surface area contributed by atoms with E-state index in [2.05, 4.69) is 25.4 Å². The summed E-state index contributed by atoms with van der Waals surface area (Å²) in [5.74, 6) is -1.14.